The first-order valence-electron chi connectivity index (χ1n) is 10.4. The predicted octanol–water partition coefficient (Wildman–Crippen LogP) is 2.73. The first-order valence-corrected chi connectivity index (χ1v) is 10.4. The number of piperidine rings is 1. The van der Waals surface area contributed by atoms with Gasteiger partial charge in [0.25, 0.3) is 0 Å². The minimum atomic E-state index is 0.0422. The SMILES string of the molecule is CCN(CC)CCNC(=O)[C@@H]1CCCN(c2nc3ccccc3n2CC)C1. The molecule has 2 heterocycles. The number of nitrogens with one attached hydrogen (secondary N) is 1. The minimum Gasteiger partial charge on any atom is -0.355 e. The fourth-order valence-corrected chi connectivity index (χ4v) is 4.01. The standard InChI is InChI=1S/C21H33N5O/c1-4-24(5-2)15-13-22-20(27)17-10-9-14-25(16-17)21-23-18-11-7-8-12-19(18)26(21)6-3/h7-8,11-12,17H,4-6,9-10,13-16H2,1-3H3,(H,22,27)/t17-/m1/s1. The Labute approximate surface area is 162 Å². The smallest absolute Gasteiger partial charge is 0.224 e. The summed E-state index contributed by atoms with van der Waals surface area (Å²) < 4.78 is 2.26. The highest BCUT2D eigenvalue weighted by Crippen LogP contribution is 2.27. The number of rotatable bonds is 8. The molecule has 6 heteroatoms. The van der Waals surface area contributed by atoms with Gasteiger partial charge in [-0.1, -0.05) is 26.0 Å². The van der Waals surface area contributed by atoms with Gasteiger partial charge in [0, 0.05) is 32.7 Å². The van der Waals surface area contributed by atoms with Crippen LogP contribution < -0.4 is 10.2 Å². The zero-order valence-corrected chi connectivity index (χ0v) is 16.9. The number of anilines is 1. The monoisotopic (exact) mass is 371 g/mol. The van der Waals surface area contributed by atoms with Crippen molar-refractivity contribution >= 4 is 22.9 Å². The number of carbonyl (C=O) groups is 1. The van der Waals surface area contributed by atoms with E-state index >= 15 is 0 Å². The molecule has 148 valence electrons. The van der Waals surface area contributed by atoms with E-state index < -0.39 is 0 Å². The number of hydrogen-bond donors (Lipinski definition) is 1. The van der Waals surface area contributed by atoms with E-state index in [0.29, 0.717) is 0 Å². The average Bonchev–Trinajstić information content (AvgIpc) is 3.10. The van der Waals surface area contributed by atoms with Crippen molar-refractivity contribution in [2.75, 3.05) is 44.2 Å². The fourth-order valence-electron chi connectivity index (χ4n) is 4.01. The summed E-state index contributed by atoms with van der Waals surface area (Å²) in [5.41, 5.74) is 2.20. The molecule has 0 aliphatic carbocycles. The lowest BCUT2D eigenvalue weighted by Gasteiger charge is -2.33. The Kier molecular flexibility index (Phi) is 6.72. The molecule has 0 bridgehead atoms. The van der Waals surface area contributed by atoms with E-state index in [1.807, 2.05) is 6.07 Å². The van der Waals surface area contributed by atoms with Crippen molar-refractivity contribution in [2.24, 2.45) is 5.92 Å². The molecule has 0 radical (unpaired) electrons. The van der Waals surface area contributed by atoms with Crippen molar-refractivity contribution in [3.05, 3.63) is 24.3 Å². The number of likely N-dealkylation sites (N-methyl/N-ethyl adjacent to an activating group) is 1. The number of carbonyl (C=O) groups excluding carboxylic acids is 1. The molecule has 1 aromatic carbocycles. The third-order valence-electron chi connectivity index (χ3n) is 5.65. The number of hydrogen-bond acceptors (Lipinski definition) is 4. The predicted molar refractivity (Wildman–Crippen MR) is 111 cm³/mol. The van der Waals surface area contributed by atoms with Gasteiger partial charge in [0.05, 0.1) is 17.0 Å². The van der Waals surface area contributed by atoms with Gasteiger partial charge in [-0.2, -0.15) is 0 Å². The van der Waals surface area contributed by atoms with Crippen LogP contribution in [0.1, 0.15) is 33.6 Å². The molecule has 6 nitrogen and oxygen atoms in total. The molecule has 1 amide bonds. The molecule has 0 spiro atoms. The topological polar surface area (TPSA) is 53.4 Å². The lowest BCUT2D eigenvalue weighted by Crippen LogP contribution is -2.45. The van der Waals surface area contributed by atoms with Crippen molar-refractivity contribution in [2.45, 2.75) is 40.2 Å². The molecule has 1 N–H and O–H groups in total. The Morgan fingerprint density at radius 3 is 2.78 bits per heavy atom. The van der Waals surface area contributed by atoms with Gasteiger partial charge in [-0.05, 0) is 45.0 Å². The lowest BCUT2D eigenvalue weighted by molar-refractivity contribution is -0.125. The number of benzene rings is 1. The van der Waals surface area contributed by atoms with Crippen LogP contribution in [0.4, 0.5) is 5.95 Å². The third kappa shape index (κ3) is 4.43. The molecule has 1 atom stereocenters. The quantitative estimate of drug-likeness (QED) is 0.775. The summed E-state index contributed by atoms with van der Waals surface area (Å²) >= 11 is 0. The number of imidazole rings is 1. The second-order valence-electron chi connectivity index (χ2n) is 7.25. The molecule has 0 unspecified atom stereocenters. The molecule has 3 rings (SSSR count). The van der Waals surface area contributed by atoms with Gasteiger partial charge in [-0.3, -0.25) is 4.79 Å². The van der Waals surface area contributed by atoms with Crippen LogP contribution in [0.2, 0.25) is 0 Å². The van der Waals surface area contributed by atoms with Gasteiger partial charge < -0.3 is 19.7 Å². The van der Waals surface area contributed by atoms with Crippen LogP contribution in [0, 0.1) is 5.92 Å². The van der Waals surface area contributed by atoms with Crippen LogP contribution in [0.25, 0.3) is 11.0 Å². The average molecular weight is 372 g/mol. The first kappa shape index (κ1) is 19.7. The molecule has 1 saturated heterocycles. The van der Waals surface area contributed by atoms with Crippen molar-refractivity contribution < 1.29 is 4.79 Å². The molecule has 0 saturated carbocycles. The van der Waals surface area contributed by atoms with Crippen molar-refractivity contribution in [1.29, 1.82) is 0 Å². The fraction of sp³-hybridized carbons (Fsp3) is 0.619. The molecule has 2 aromatic rings. The van der Waals surface area contributed by atoms with Crippen LogP contribution in [0.3, 0.4) is 0 Å². The van der Waals surface area contributed by atoms with Crippen LogP contribution in [0.15, 0.2) is 24.3 Å². The van der Waals surface area contributed by atoms with E-state index in [4.69, 9.17) is 4.98 Å². The molecule has 27 heavy (non-hydrogen) atoms. The van der Waals surface area contributed by atoms with Crippen LogP contribution in [-0.2, 0) is 11.3 Å². The Morgan fingerprint density at radius 2 is 2.04 bits per heavy atom. The molecular weight excluding hydrogens is 338 g/mol. The summed E-state index contributed by atoms with van der Waals surface area (Å²) in [6.07, 6.45) is 1.99. The first-order chi connectivity index (χ1) is 13.2. The van der Waals surface area contributed by atoms with E-state index in [0.717, 1.165) is 70.1 Å². The maximum atomic E-state index is 12.7. The largest absolute Gasteiger partial charge is 0.355 e. The second kappa shape index (κ2) is 9.22. The normalized spacial score (nSPS) is 17.6. The summed E-state index contributed by atoms with van der Waals surface area (Å²) in [6.45, 7) is 12.8. The summed E-state index contributed by atoms with van der Waals surface area (Å²) in [5, 5.41) is 3.14. The van der Waals surface area contributed by atoms with Gasteiger partial charge in [-0.25, -0.2) is 4.98 Å². The highest BCUT2D eigenvalue weighted by Gasteiger charge is 2.28. The third-order valence-corrected chi connectivity index (χ3v) is 5.65. The Morgan fingerprint density at radius 1 is 1.26 bits per heavy atom. The van der Waals surface area contributed by atoms with Gasteiger partial charge in [0.2, 0.25) is 11.9 Å². The highest BCUT2D eigenvalue weighted by molar-refractivity contribution is 5.81. The summed E-state index contributed by atoms with van der Waals surface area (Å²) in [6, 6.07) is 8.27. The molecule has 1 aliphatic rings. The van der Waals surface area contributed by atoms with E-state index in [2.05, 4.69) is 58.7 Å². The molecule has 1 fully saturated rings. The van der Waals surface area contributed by atoms with Crippen molar-refractivity contribution in [3.8, 4) is 0 Å². The number of amides is 1. The van der Waals surface area contributed by atoms with E-state index in [9.17, 15) is 4.79 Å². The maximum absolute atomic E-state index is 12.7. The van der Waals surface area contributed by atoms with Crippen LogP contribution in [0.5, 0.6) is 0 Å². The Balaban J connectivity index is 1.65. The van der Waals surface area contributed by atoms with Gasteiger partial charge in [0.15, 0.2) is 0 Å². The number of aryl methyl sites for hydroxylation is 1. The van der Waals surface area contributed by atoms with E-state index in [-0.39, 0.29) is 11.8 Å². The Bertz CT molecular complexity index is 752. The number of para-hydroxylation sites is 2. The zero-order chi connectivity index (χ0) is 19.2. The van der Waals surface area contributed by atoms with E-state index in [1.54, 1.807) is 0 Å². The minimum absolute atomic E-state index is 0.0422. The summed E-state index contributed by atoms with van der Waals surface area (Å²) in [5.74, 6) is 1.23. The summed E-state index contributed by atoms with van der Waals surface area (Å²) in [7, 11) is 0. The summed E-state index contributed by atoms with van der Waals surface area (Å²) in [4.78, 5) is 22.2. The lowest BCUT2D eigenvalue weighted by atomic mass is 9.97. The van der Waals surface area contributed by atoms with E-state index in [1.165, 1.54) is 5.52 Å². The van der Waals surface area contributed by atoms with Crippen molar-refractivity contribution in [1.82, 2.24) is 19.8 Å². The molecular formula is C21H33N5O. The van der Waals surface area contributed by atoms with Gasteiger partial charge in [0.1, 0.15) is 0 Å². The maximum Gasteiger partial charge on any atom is 0.224 e. The molecule has 1 aromatic heterocycles. The van der Waals surface area contributed by atoms with Crippen LogP contribution in [-0.4, -0.2) is 59.6 Å². The zero-order valence-electron chi connectivity index (χ0n) is 16.9. The van der Waals surface area contributed by atoms with Crippen molar-refractivity contribution in [3.63, 3.8) is 0 Å². The number of aromatic nitrogens is 2. The Hall–Kier alpha value is -2.08. The van der Waals surface area contributed by atoms with Gasteiger partial charge >= 0.3 is 0 Å². The highest BCUT2D eigenvalue weighted by atomic mass is 16.1. The van der Waals surface area contributed by atoms with Gasteiger partial charge in [-0.15, -0.1) is 0 Å². The second-order valence-corrected chi connectivity index (χ2v) is 7.25. The van der Waals surface area contributed by atoms with Crippen LogP contribution >= 0.6 is 0 Å². The number of fused-ring (bicyclic) bond motifs is 1. The number of nitrogens with zero attached hydrogens (tertiary/aromatic N) is 4. The molecule has 1 aliphatic heterocycles.